The van der Waals surface area contributed by atoms with Crippen LogP contribution in [-0.2, 0) is 6.61 Å². The predicted molar refractivity (Wildman–Crippen MR) is 94.7 cm³/mol. The molecular weight excluding hydrogens is 282 g/mol. The van der Waals surface area contributed by atoms with Crippen molar-refractivity contribution in [2.45, 2.75) is 27.4 Å². The van der Waals surface area contributed by atoms with E-state index in [1.54, 1.807) is 0 Å². The van der Waals surface area contributed by atoms with Gasteiger partial charge in [0.1, 0.15) is 12.4 Å². The van der Waals surface area contributed by atoms with Crippen LogP contribution in [0.15, 0.2) is 60.9 Å². The average molecular weight is 303 g/mol. The number of hydrogen-bond acceptors (Lipinski definition) is 2. The van der Waals surface area contributed by atoms with Crippen LogP contribution in [0, 0.1) is 20.8 Å². The van der Waals surface area contributed by atoms with Crippen LogP contribution in [0.1, 0.15) is 22.3 Å². The van der Waals surface area contributed by atoms with Crippen LogP contribution >= 0.6 is 0 Å². The molecule has 0 bridgehead atoms. The first kappa shape index (κ1) is 15.3. The molecule has 2 nitrogen and oxygen atoms in total. The van der Waals surface area contributed by atoms with E-state index in [4.69, 9.17) is 4.74 Å². The summed E-state index contributed by atoms with van der Waals surface area (Å²) in [6.45, 7) is 6.83. The molecule has 116 valence electrons. The van der Waals surface area contributed by atoms with E-state index in [0.29, 0.717) is 6.61 Å². The second kappa shape index (κ2) is 6.66. The minimum atomic E-state index is 0.523. The van der Waals surface area contributed by atoms with Gasteiger partial charge in [-0.1, -0.05) is 41.5 Å². The highest BCUT2D eigenvalue weighted by molar-refractivity contribution is 5.64. The topological polar surface area (TPSA) is 22.1 Å². The minimum Gasteiger partial charge on any atom is -0.489 e. The summed E-state index contributed by atoms with van der Waals surface area (Å²) in [5, 5.41) is 0. The first-order valence-electron chi connectivity index (χ1n) is 7.82. The standard InChI is InChI=1S/C21H21NO/c1-15-5-4-6-21(10-15)23-14-18-11-20(13-22-12-18)19-8-16(2)7-17(3)9-19/h4-13H,14H2,1-3H3. The molecule has 0 N–H and O–H groups in total. The summed E-state index contributed by atoms with van der Waals surface area (Å²) in [5.41, 5.74) is 7.13. The highest BCUT2D eigenvalue weighted by Gasteiger charge is 2.03. The van der Waals surface area contributed by atoms with Gasteiger partial charge in [-0.25, -0.2) is 0 Å². The highest BCUT2D eigenvalue weighted by atomic mass is 16.5. The quantitative estimate of drug-likeness (QED) is 0.656. The van der Waals surface area contributed by atoms with E-state index in [0.717, 1.165) is 16.9 Å². The Kier molecular flexibility index (Phi) is 4.42. The number of benzene rings is 2. The van der Waals surface area contributed by atoms with E-state index in [1.165, 1.54) is 22.3 Å². The third-order valence-corrected chi connectivity index (χ3v) is 3.74. The number of aromatic nitrogens is 1. The molecule has 0 unspecified atom stereocenters. The zero-order valence-corrected chi connectivity index (χ0v) is 13.8. The van der Waals surface area contributed by atoms with Crippen molar-refractivity contribution < 1.29 is 4.74 Å². The van der Waals surface area contributed by atoms with Crippen LogP contribution in [0.4, 0.5) is 0 Å². The van der Waals surface area contributed by atoms with Gasteiger partial charge in [0, 0.05) is 23.5 Å². The first-order chi connectivity index (χ1) is 11.1. The Morgan fingerprint density at radius 2 is 1.57 bits per heavy atom. The molecule has 0 spiro atoms. The average Bonchev–Trinajstić information content (AvgIpc) is 2.52. The normalized spacial score (nSPS) is 10.6. The van der Waals surface area contributed by atoms with E-state index >= 15 is 0 Å². The molecule has 0 aliphatic rings. The van der Waals surface area contributed by atoms with Crippen molar-refractivity contribution in [1.82, 2.24) is 4.98 Å². The number of ether oxygens (including phenoxy) is 1. The molecule has 3 rings (SSSR count). The fourth-order valence-electron chi connectivity index (χ4n) is 2.74. The molecule has 2 aromatic carbocycles. The predicted octanol–water partition coefficient (Wildman–Crippen LogP) is 5.25. The molecule has 0 amide bonds. The van der Waals surface area contributed by atoms with Gasteiger partial charge >= 0.3 is 0 Å². The molecule has 1 heterocycles. The Morgan fingerprint density at radius 3 is 2.30 bits per heavy atom. The van der Waals surface area contributed by atoms with Crippen molar-refractivity contribution >= 4 is 0 Å². The summed E-state index contributed by atoms with van der Waals surface area (Å²) in [7, 11) is 0. The summed E-state index contributed by atoms with van der Waals surface area (Å²) in [6, 6.07) is 16.8. The molecular formula is C21H21NO. The highest BCUT2D eigenvalue weighted by Crippen LogP contribution is 2.23. The van der Waals surface area contributed by atoms with Gasteiger partial charge in [-0.2, -0.15) is 0 Å². The summed E-state index contributed by atoms with van der Waals surface area (Å²) in [6.07, 6.45) is 3.77. The Hall–Kier alpha value is -2.61. The van der Waals surface area contributed by atoms with Crippen LogP contribution in [0.3, 0.4) is 0 Å². The second-order valence-electron chi connectivity index (χ2n) is 6.06. The fraction of sp³-hybridized carbons (Fsp3) is 0.190. The van der Waals surface area contributed by atoms with E-state index in [2.05, 4.69) is 56.1 Å². The molecule has 0 aliphatic heterocycles. The van der Waals surface area contributed by atoms with E-state index < -0.39 is 0 Å². The van der Waals surface area contributed by atoms with Gasteiger partial charge in [0.05, 0.1) is 0 Å². The molecule has 2 heteroatoms. The number of hydrogen-bond donors (Lipinski definition) is 0. The van der Waals surface area contributed by atoms with Crippen LogP contribution in [0.5, 0.6) is 5.75 Å². The zero-order chi connectivity index (χ0) is 16.2. The van der Waals surface area contributed by atoms with Gasteiger partial charge in [-0.05, 0) is 50.1 Å². The monoisotopic (exact) mass is 303 g/mol. The van der Waals surface area contributed by atoms with Crippen molar-refractivity contribution in [3.05, 3.63) is 83.2 Å². The molecule has 0 saturated carbocycles. The maximum absolute atomic E-state index is 5.87. The van der Waals surface area contributed by atoms with Crippen molar-refractivity contribution in [2.75, 3.05) is 0 Å². The zero-order valence-electron chi connectivity index (χ0n) is 13.8. The van der Waals surface area contributed by atoms with Gasteiger partial charge in [0.2, 0.25) is 0 Å². The lowest BCUT2D eigenvalue weighted by Crippen LogP contribution is -1.97. The Balaban J connectivity index is 1.79. The number of aryl methyl sites for hydroxylation is 3. The molecule has 0 atom stereocenters. The van der Waals surface area contributed by atoms with Gasteiger partial charge in [-0.3, -0.25) is 4.98 Å². The van der Waals surface area contributed by atoms with Gasteiger partial charge in [0.15, 0.2) is 0 Å². The molecule has 0 aliphatic carbocycles. The second-order valence-corrected chi connectivity index (χ2v) is 6.06. The van der Waals surface area contributed by atoms with Crippen molar-refractivity contribution in [3.63, 3.8) is 0 Å². The lowest BCUT2D eigenvalue weighted by Gasteiger charge is -2.09. The Morgan fingerprint density at radius 1 is 0.783 bits per heavy atom. The fourth-order valence-corrected chi connectivity index (χ4v) is 2.74. The molecule has 23 heavy (non-hydrogen) atoms. The van der Waals surface area contributed by atoms with E-state index in [-0.39, 0.29) is 0 Å². The van der Waals surface area contributed by atoms with Crippen LogP contribution in [-0.4, -0.2) is 4.98 Å². The Bertz CT molecular complexity index is 803. The summed E-state index contributed by atoms with van der Waals surface area (Å²) >= 11 is 0. The van der Waals surface area contributed by atoms with Crippen LogP contribution < -0.4 is 4.74 Å². The van der Waals surface area contributed by atoms with Crippen molar-refractivity contribution in [3.8, 4) is 16.9 Å². The van der Waals surface area contributed by atoms with Crippen molar-refractivity contribution in [1.29, 1.82) is 0 Å². The van der Waals surface area contributed by atoms with Crippen LogP contribution in [0.2, 0.25) is 0 Å². The van der Waals surface area contributed by atoms with Crippen LogP contribution in [0.25, 0.3) is 11.1 Å². The summed E-state index contributed by atoms with van der Waals surface area (Å²) < 4.78 is 5.87. The van der Waals surface area contributed by atoms with Gasteiger partial charge in [0.25, 0.3) is 0 Å². The maximum Gasteiger partial charge on any atom is 0.120 e. The summed E-state index contributed by atoms with van der Waals surface area (Å²) in [4.78, 5) is 4.37. The smallest absolute Gasteiger partial charge is 0.120 e. The third kappa shape index (κ3) is 3.98. The SMILES string of the molecule is Cc1cccc(OCc2cncc(-c3cc(C)cc(C)c3)c2)c1. The third-order valence-electron chi connectivity index (χ3n) is 3.74. The largest absolute Gasteiger partial charge is 0.489 e. The lowest BCUT2D eigenvalue weighted by molar-refractivity contribution is 0.305. The van der Waals surface area contributed by atoms with Crippen molar-refractivity contribution in [2.24, 2.45) is 0 Å². The minimum absolute atomic E-state index is 0.523. The number of nitrogens with zero attached hydrogens (tertiary/aromatic N) is 1. The molecule has 3 aromatic rings. The number of pyridine rings is 1. The molecule has 1 aromatic heterocycles. The first-order valence-corrected chi connectivity index (χ1v) is 7.82. The summed E-state index contributed by atoms with van der Waals surface area (Å²) in [5.74, 6) is 0.891. The Labute approximate surface area is 137 Å². The molecule has 0 fully saturated rings. The van der Waals surface area contributed by atoms with Gasteiger partial charge in [-0.15, -0.1) is 0 Å². The van der Waals surface area contributed by atoms with E-state index in [9.17, 15) is 0 Å². The van der Waals surface area contributed by atoms with Gasteiger partial charge < -0.3 is 4.74 Å². The molecule has 0 radical (unpaired) electrons. The lowest BCUT2D eigenvalue weighted by atomic mass is 10.0. The van der Waals surface area contributed by atoms with E-state index in [1.807, 2.05) is 30.6 Å². The molecule has 0 saturated heterocycles. The number of rotatable bonds is 4. The maximum atomic E-state index is 5.87.